The van der Waals surface area contributed by atoms with Crippen LogP contribution in [0.15, 0.2) is 12.2 Å². The summed E-state index contributed by atoms with van der Waals surface area (Å²) in [5.41, 5.74) is 0.388. The normalized spacial score (nSPS) is 13.2. The van der Waals surface area contributed by atoms with Crippen LogP contribution in [0.4, 0.5) is 0 Å². The summed E-state index contributed by atoms with van der Waals surface area (Å²) >= 11 is 0. The molecule has 0 heterocycles. The highest BCUT2D eigenvalue weighted by atomic mass is 16.4. The molecule has 0 aliphatic rings. The van der Waals surface area contributed by atoms with E-state index in [1.165, 1.54) is 0 Å². The van der Waals surface area contributed by atoms with Crippen LogP contribution in [0.3, 0.4) is 0 Å². The van der Waals surface area contributed by atoms with Gasteiger partial charge in [0.15, 0.2) is 0 Å². The van der Waals surface area contributed by atoms with Crippen LogP contribution in [-0.4, -0.2) is 16.9 Å². The van der Waals surface area contributed by atoms with E-state index >= 15 is 0 Å². The van der Waals surface area contributed by atoms with E-state index in [-0.39, 0.29) is 18.1 Å². The molecule has 0 amide bonds. The highest BCUT2D eigenvalue weighted by Crippen LogP contribution is 2.35. The van der Waals surface area contributed by atoms with Crippen LogP contribution in [0.5, 0.6) is 0 Å². The van der Waals surface area contributed by atoms with E-state index < -0.39 is 11.4 Å². The lowest BCUT2D eigenvalue weighted by Crippen LogP contribution is -2.32. The Morgan fingerprint density at radius 3 is 2.19 bits per heavy atom. The molecule has 3 heteroatoms. The summed E-state index contributed by atoms with van der Waals surface area (Å²) in [5.74, 6) is -0.622. The Labute approximate surface area is 97.5 Å². The summed E-state index contributed by atoms with van der Waals surface area (Å²) < 4.78 is 0. The van der Waals surface area contributed by atoms with Gasteiger partial charge in [-0.25, -0.2) is 0 Å². The minimum absolute atomic E-state index is 0.0132. The van der Waals surface area contributed by atoms with Crippen molar-refractivity contribution in [2.24, 2.45) is 11.3 Å². The van der Waals surface area contributed by atoms with Gasteiger partial charge < -0.3 is 5.11 Å². The number of carbonyl (C=O) groups is 2. The van der Waals surface area contributed by atoms with Crippen LogP contribution in [-0.2, 0) is 9.59 Å². The molecule has 0 aromatic rings. The molecular weight excluding hydrogens is 204 g/mol. The Morgan fingerprint density at radius 2 is 1.81 bits per heavy atom. The molecule has 1 unspecified atom stereocenters. The van der Waals surface area contributed by atoms with Crippen molar-refractivity contribution in [1.29, 1.82) is 0 Å². The number of Topliss-reactive ketones (excluding diaryl/α,β-unsaturated/α-hetero) is 1. The van der Waals surface area contributed by atoms with Gasteiger partial charge in [0.25, 0.3) is 0 Å². The van der Waals surface area contributed by atoms with Crippen molar-refractivity contribution in [3.63, 3.8) is 0 Å². The highest BCUT2D eigenvalue weighted by Gasteiger charge is 2.33. The minimum atomic E-state index is -0.826. The maximum absolute atomic E-state index is 11.8. The summed E-state index contributed by atoms with van der Waals surface area (Å²) in [6.07, 6.45) is 1.03. The number of carboxylic acid groups (broad SMARTS) is 1. The second kappa shape index (κ2) is 5.83. The van der Waals surface area contributed by atoms with E-state index in [0.29, 0.717) is 12.8 Å². The van der Waals surface area contributed by atoms with Crippen molar-refractivity contribution in [3.8, 4) is 0 Å². The van der Waals surface area contributed by atoms with E-state index in [0.717, 1.165) is 5.57 Å². The van der Waals surface area contributed by atoms with Crippen LogP contribution in [0, 0.1) is 11.3 Å². The van der Waals surface area contributed by atoms with Gasteiger partial charge >= 0.3 is 5.97 Å². The molecule has 1 atom stereocenters. The van der Waals surface area contributed by atoms with Gasteiger partial charge in [-0.05, 0) is 12.3 Å². The number of aliphatic carboxylic acids is 1. The van der Waals surface area contributed by atoms with E-state index in [1.807, 2.05) is 27.7 Å². The first kappa shape index (κ1) is 14.9. The van der Waals surface area contributed by atoms with Crippen LogP contribution in [0.2, 0.25) is 0 Å². The Hall–Kier alpha value is -1.12. The summed E-state index contributed by atoms with van der Waals surface area (Å²) in [6, 6.07) is 0. The standard InChI is InChI=1S/C13H22O3/c1-6-11(14)13(4,5)10(3)9(2)7-8-12(15)16/h10H,2,6-8H2,1,3-5H3,(H,15,16). The Kier molecular flexibility index (Phi) is 5.42. The predicted octanol–water partition coefficient (Wildman–Crippen LogP) is 3.05. The van der Waals surface area contributed by atoms with E-state index in [4.69, 9.17) is 5.11 Å². The molecule has 0 aliphatic carbocycles. The van der Waals surface area contributed by atoms with Crippen molar-refractivity contribution in [3.05, 3.63) is 12.2 Å². The third-order valence-electron chi connectivity index (χ3n) is 3.39. The maximum Gasteiger partial charge on any atom is 0.303 e. The Bertz CT molecular complexity index is 290. The molecule has 0 saturated heterocycles. The molecule has 0 spiro atoms. The summed E-state index contributed by atoms with van der Waals surface area (Å²) in [4.78, 5) is 22.2. The van der Waals surface area contributed by atoms with Crippen molar-refractivity contribution >= 4 is 11.8 Å². The zero-order valence-electron chi connectivity index (χ0n) is 10.7. The predicted molar refractivity (Wildman–Crippen MR) is 64.3 cm³/mol. The third kappa shape index (κ3) is 3.80. The van der Waals surface area contributed by atoms with Crippen molar-refractivity contribution < 1.29 is 14.7 Å². The molecule has 1 N–H and O–H groups in total. The fraction of sp³-hybridized carbons (Fsp3) is 0.692. The number of carbonyl (C=O) groups excluding carboxylic acids is 1. The van der Waals surface area contributed by atoms with Crippen molar-refractivity contribution in [2.75, 3.05) is 0 Å². The Morgan fingerprint density at radius 1 is 1.31 bits per heavy atom. The minimum Gasteiger partial charge on any atom is -0.481 e. The summed E-state index contributed by atoms with van der Waals surface area (Å²) in [7, 11) is 0. The molecule has 0 rings (SSSR count). The molecule has 0 fully saturated rings. The van der Waals surface area contributed by atoms with Crippen molar-refractivity contribution in [1.82, 2.24) is 0 Å². The number of hydrogen-bond donors (Lipinski definition) is 1. The van der Waals surface area contributed by atoms with Gasteiger partial charge in [0.05, 0.1) is 0 Å². The van der Waals surface area contributed by atoms with E-state index in [2.05, 4.69) is 6.58 Å². The highest BCUT2D eigenvalue weighted by molar-refractivity contribution is 5.84. The fourth-order valence-corrected chi connectivity index (χ4v) is 1.69. The Balaban J connectivity index is 4.53. The van der Waals surface area contributed by atoms with Gasteiger partial charge in [0.2, 0.25) is 0 Å². The largest absolute Gasteiger partial charge is 0.481 e. The van der Waals surface area contributed by atoms with Gasteiger partial charge in [0.1, 0.15) is 5.78 Å². The summed E-state index contributed by atoms with van der Waals surface area (Å²) in [6.45, 7) is 11.5. The SMILES string of the molecule is C=C(CCC(=O)O)C(C)C(C)(C)C(=O)CC. The number of hydrogen-bond acceptors (Lipinski definition) is 2. The quantitative estimate of drug-likeness (QED) is 0.679. The fourth-order valence-electron chi connectivity index (χ4n) is 1.69. The molecule has 92 valence electrons. The second-order valence-corrected chi connectivity index (χ2v) is 4.77. The molecular formula is C13H22O3. The van der Waals surface area contributed by atoms with Gasteiger partial charge in [-0.3, -0.25) is 9.59 Å². The first-order valence-corrected chi connectivity index (χ1v) is 5.66. The van der Waals surface area contributed by atoms with Crippen LogP contribution >= 0.6 is 0 Å². The number of ketones is 1. The molecule has 16 heavy (non-hydrogen) atoms. The first-order valence-electron chi connectivity index (χ1n) is 5.66. The maximum atomic E-state index is 11.8. The van der Waals surface area contributed by atoms with Crippen molar-refractivity contribution in [2.45, 2.75) is 47.0 Å². The lowest BCUT2D eigenvalue weighted by Gasteiger charge is -2.31. The number of rotatable bonds is 7. The third-order valence-corrected chi connectivity index (χ3v) is 3.39. The smallest absolute Gasteiger partial charge is 0.303 e. The van der Waals surface area contributed by atoms with Crippen LogP contribution < -0.4 is 0 Å². The van der Waals surface area contributed by atoms with Crippen LogP contribution in [0.25, 0.3) is 0 Å². The molecule has 3 nitrogen and oxygen atoms in total. The molecule has 0 aliphatic heterocycles. The lowest BCUT2D eigenvalue weighted by molar-refractivity contribution is -0.137. The lowest BCUT2D eigenvalue weighted by atomic mass is 9.71. The van der Waals surface area contributed by atoms with Gasteiger partial charge in [-0.15, -0.1) is 0 Å². The molecule has 0 aromatic carbocycles. The molecule has 0 radical (unpaired) electrons. The topological polar surface area (TPSA) is 54.4 Å². The van der Waals surface area contributed by atoms with Gasteiger partial charge in [-0.1, -0.05) is 39.8 Å². The zero-order chi connectivity index (χ0) is 12.9. The molecule has 0 aromatic heterocycles. The van der Waals surface area contributed by atoms with Crippen LogP contribution in [0.1, 0.15) is 47.0 Å². The first-order chi connectivity index (χ1) is 7.23. The second-order valence-electron chi connectivity index (χ2n) is 4.77. The average Bonchev–Trinajstić information content (AvgIpc) is 2.23. The average molecular weight is 226 g/mol. The van der Waals surface area contributed by atoms with Gasteiger partial charge in [0, 0.05) is 18.3 Å². The molecule has 0 saturated carbocycles. The molecule has 0 bridgehead atoms. The number of carboxylic acids is 1. The van der Waals surface area contributed by atoms with Gasteiger partial charge in [-0.2, -0.15) is 0 Å². The zero-order valence-corrected chi connectivity index (χ0v) is 10.7. The van der Waals surface area contributed by atoms with E-state index in [1.54, 1.807) is 0 Å². The van der Waals surface area contributed by atoms with E-state index in [9.17, 15) is 9.59 Å². The monoisotopic (exact) mass is 226 g/mol. The summed E-state index contributed by atoms with van der Waals surface area (Å²) in [5, 5.41) is 8.59. The number of allylic oxidation sites excluding steroid dienone is 1.